The number of amides is 2. The van der Waals surface area contributed by atoms with Crippen molar-refractivity contribution in [3.63, 3.8) is 0 Å². The first-order chi connectivity index (χ1) is 17.0. The molecule has 2 N–H and O–H groups in total. The van der Waals surface area contributed by atoms with Crippen LogP contribution in [0.2, 0.25) is 0 Å². The van der Waals surface area contributed by atoms with E-state index in [1.54, 1.807) is 12.1 Å². The van der Waals surface area contributed by atoms with Crippen molar-refractivity contribution in [3.8, 4) is 5.75 Å². The molecule has 1 fully saturated rings. The summed E-state index contributed by atoms with van der Waals surface area (Å²) < 4.78 is 6.71. The van der Waals surface area contributed by atoms with Crippen molar-refractivity contribution in [1.82, 2.24) is 5.43 Å². The van der Waals surface area contributed by atoms with Gasteiger partial charge in [0.05, 0.1) is 10.2 Å². The van der Waals surface area contributed by atoms with Gasteiger partial charge in [-0.15, -0.1) is 0 Å². The molecule has 0 radical (unpaired) electrons. The first-order valence-corrected chi connectivity index (χ1v) is 12.5. The van der Waals surface area contributed by atoms with Crippen molar-refractivity contribution in [2.24, 2.45) is 11.0 Å². The molecule has 180 valence electrons. The van der Waals surface area contributed by atoms with Crippen LogP contribution in [0.4, 0.5) is 5.69 Å². The maximum absolute atomic E-state index is 12.5. The highest BCUT2D eigenvalue weighted by Crippen LogP contribution is 2.26. The fourth-order valence-electron chi connectivity index (χ4n) is 3.97. The van der Waals surface area contributed by atoms with Crippen LogP contribution in [0, 0.1) is 5.92 Å². The van der Waals surface area contributed by atoms with E-state index in [1.807, 2.05) is 67.6 Å². The van der Waals surface area contributed by atoms with E-state index < -0.39 is 0 Å². The minimum absolute atomic E-state index is 0.0958. The highest BCUT2D eigenvalue weighted by Gasteiger charge is 2.22. The molecular formula is C28H28BrN3O3. The molecule has 0 heterocycles. The predicted octanol–water partition coefficient (Wildman–Crippen LogP) is 6.31. The summed E-state index contributed by atoms with van der Waals surface area (Å²) in [6.45, 7) is 2.23. The normalized spacial score (nSPS) is 13.9. The predicted molar refractivity (Wildman–Crippen MR) is 142 cm³/mol. The first kappa shape index (κ1) is 24.7. The van der Waals surface area contributed by atoms with Gasteiger partial charge < -0.3 is 10.1 Å². The first-order valence-electron chi connectivity index (χ1n) is 11.7. The van der Waals surface area contributed by atoms with Crippen LogP contribution < -0.4 is 15.5 Å². The Morgan fingerprint density at radius 2 is 1.60 bits per heavy atom. The number of ether oxygens (including phenoxy) is 1. The van der Waals surface area contributed by atoms with Crippen LogP contribution in [-0.2, 0) is 11.4 Å². The molecule has 0 spiro atoms. The standard InChI is InChI=1S/C28H28BrN3O3/c1-19(21-14-16-24(17-15-21)30-27(33)22-6-2-3-7-22)31-32-28(34)23-12-10-20(11-13-23)18-35-26-9-5-4-8-25(26)29/h4-5,8-17,22H,2-3,6-7,18H2,1H3,(H,30,33)(H,32,34)/b31-19+. The van der Waals surface area contributed by atoms with Gasteiger partial charge in [0.25, 0.3) is 5.91 Å². The number of halogens is 1. The summed E-state index contributed by atoms with van der Waals surface area (Å²) in [5.74, 6) is 0.700. The lowest BCUT2D eigenvalue weighted by Gasteiger charge is -2.11. The van der Waals surface area contributed by atoms with E-state index in [9.17, 15) is 9.59 Å². The van der Waals surface area contributed by atoms with E-state index in [0.29, 0.717) is 17.9 Å². The summed E-state index contributed by atoms with van der Waals surface area (Å²) in [6.07, 6.45) is 4.20. The van der Waals surface area contributed by atoms with Gasteiger partial charge in [0.1, 0.15) is 12.4 Å². The van der Waals surface area contributed by atoms with Crippen molar-refractivity contribution >= 4 is 39.1 Å². The quantitative estimate of drug-likeness (QED) is 0.263. The van der Waals surface area contributed by atoms with E-state index >= 15 is 0 Å². The summed E-state index contributed by atoms with van der Waals surface area (Å²) in [5, 5.41) is 7.22. The Bertz CT molecular complexity index is 1200. The summed E-state index contributed by atoms with van der Waals surface area (Å²) in [7, 11) is 0. The maximum Gasteiger partial charge on any atom is 0.271 e. The van der Waals surface area contributed by atoms with E-state index in [-0.39, 0.29) is 17.7 Å². The van der Waals surface area contributed by atoms with E-state index in [2.05, 4.69) is 31.8 Å². The topological polar surface area (TPSA) is 79.8 Å². The minimum Gasteiger partial charge on any atom is -0.488 e. The zero-order valence-corrected chi connectivity index (χ0v) is 21.2. The fraction of sp³-hybridized carbons (Fsp3) is 0.250. The molecule has 2 amide bonds. The number of benzene rings is 3. The molecule has 0 saturated heterocycles. The van der Waals surface area contributed by atoms with Gasteiger partial charge in [-0.2, -0.15) is 5.10 Å². The molecule has 0 atom stereocenters. The SMILES string of the molecule is C/C(=N\NC(=O)c1ccc(COc2ccccc2Br)cc1)c1ccc(NC(=O)C2CCCC2)cc1. The van der Waals surface area contributed by atoms with Crippen molar-refractivity contribution in [2.75, 3.05) is 5.32 Å². The summed E-state index contributed by atoms with van der Waals surface area (Å²) in [4.78, 5) is 24.8. The molecule has 1 aliphatic rings. The molecule has 1 saturated carbocycles. The van der Waals surface area contributed by atoms with Crippen LogP contribution in [0.1, 0.15) is 54.1 Å². The molecule has 3 aromatic rings. The maximum atomic E-state index is 12.5. The van der Waals surface area contributed by atoms with Crippen molar-refractivity contribution in [2.45, 2.75) is 39.2 Å². The minimum atomic E-state index is -0.289. The largest absolute Gasteiger partial charge is 0.488 e. The van der Waals surface area contributed by atoms with Crippen molar-refractivity contribution < 1.29 is 14.3 Å². The fourth-order valence-corrected chi connectivity index (χ4v) is 4.37. The summed E-state index contributed by atoms with van der Waals surface area (Å²) in [6, 6.07) is 22.4. The molecule has 1 aliphatic carbocycles. The molecule has 6 nitrogen and oxygen atoms in total. The third kappa shape index (κ3) is 6.79. The Hall–Kier alpha value is -3.45. The number of rotatable bonds is 8. The number of carbonyl (C=O) groups is 2. The monoisotopic (exact) mass is 533 g/mol. The van der Waals surface area contributed by atoms with Crippen LogP contribution in [0.5, 0.6) is 5.75 Å². The van der Waals surface area contributed by atoms with Crippen LogP contribution in [0.15, 0.2) is 82.4 Å². The number of hydrazone groups is 1. The molecular weight excluding hydrogens is 506 g/mol. The number of hydrogen-bond acceptors (Lipinski definition) is 4. The lowest BCUT2D eigenvalue weighted by Crippen LogP contribution is -2.20. The molecule has 0 aliphatic heterocycles. The Labute approximate surface area is 213 Å². The second-order valence-corrected chi connectivity index (χ2v) is 9.46. The van der Waals surface area contributed by atoms with Crippen LogP contribution >= 0.6 is 15.9 Å². The zero-order chi connectivity index (χ0) is 24.6. The summed E-state index contributed by atoms with van der Waals surface area (Å²) in [5.41, 5.74) is 6.38. The van der Waals surface area contributed by atoms with Crippen molar-refractivity contribution in [3.05, 3.63) is 94.0 Å². The Balaban J connectivity index is 1.29. The second-order valence-electron chi connectivity index (χ2n) is 8.60. The van der Waals surface area contributed by atoms with Crippen LogP contribution in [-0.4, -0.2) is 17.5 Å². The average molecular weight is 534 g/mol. The Kier molecular flexibility index (Phi) is 8.32. The van der Waals surface area contributed by atoms with E-state index in [0.717, 1.165) is 52.7 Å². The number of anilines is 1. The zero-order valence-electron chi connectivity index (χ0n) is 19.6. The van der Waals surface area contributed by atoms with Gasteiger partial charge in [-0.1, -0.05) is 49.2 Å². The summed E-state index contributed by atoms with van der Waals surface area (Å²) >= 11 is 3.46. The molecule has 7 heteroatoms. The highest BCUT2D eigenvalue weighted by molar-refractivity contribution is 9.10. The molecule has 0 aromatic heterocycles. The van der Waals surface area contributed by atoms with Gasteiger partial charge >= 0.3 is 0 Å². The van der Waals surface area contributed by atoms with Gasteiger partial charge in [-0.25, -0.2) is 5.43 Å². The van der Waals surface area contributed by atoms with E-state index in [4.69, 9.17) is 4.74 Å². The van der Waals surface area contributed by atoms with E-state index in [1.165, 1.54) is 0 Å². The average Bonchev–Trinajstić information content (AvgIpc) is 3.43. The second kappa shape index (κ2) is 11.8. The molecule has 3 aromatic carbocycles. The smallest absolute Gasteiger partial charge is 0.271 e. The molecule has 35 heavy (non-hydrogen) atoms. The number of carbonyl (C=O) groups excluding carboxylic acids is 2. The lowest BCUT2D eigenvalue weighted by atomic mass is 10.1. The van der Waals surface area contributed by atoms with Gasteiger partial charge in [0.15, 0.2) is 0 Å². The van der Waals surface area contributed by atoms with Crippen molar-refractivity contribution in [1.29, 1.82) is 0 Å². The third-order valence-electron chi connectivity index (χ3n) is 6.07. The number of nitrogens with zero attached hydrogens (tertiary/aromatic N) is 1. The Morgan fingerprint density at radius 1 is 0.943 bits per heavy atom. The molecule has 4 rings (SSSR count). The number of nitrogens with one attached hydrogen (secondary N) is 2. The van der Waals surface area contributed by atoms with Gasteiger partial charge in [0, 0.05) is 17.2 Å². The molecule has 0 bridgehead atoms. The van der Waals surface area contributed by atoms with Crippen LogP contribution in [0.3, 0.4) is 0 Å². The van der Waals surface area contributed by atoms with Gasteiger partial charge in [-0.3, -0.25) is 9.59 Å². The number of hydrogen-bond donors (Lipinski definition) is 2. The number of para-hydroxylation sites is 1. The van der Waals surface area contributed by atoms with Gasteiger partial charge in [0.2, 0.25) is 5.91 Å². The molecule has 0 unspecified atom stereocenters. The highest BCUT2D eigenvalue weighted by atomic mass is 79.9. The third-order valence-corrected chi connectivity index (χ3v) is 6.72. The van der Waals surface area contributed by atoms with Gasteiger partial charge in [-0.05, 0) is 83.2 Å². The lowest BCUT2D eigenvalue weighted by molar-refractivity contribution is -0.119. The van der Waals surface area contributed by atoms with Crippen LogP contribution in [0.25, 0.3) is 0 Å². The Morgan fingerprint density at radius 3 is 2.29 bits per heavy atom.